The molecule has 4 aromatic rings. The number of sulfone groups is 1. The molecule has 0 saturated carbocycles. The third-order valence-corrected chi connectivity index (χ3v) is 9.69. The molecule has 36 heavy (non-hydrogen) atoms. The van der Waals surface area contributed by atoms with Crippen LogP contribution in [0, 0.1) is 12.7 Å². The van der Waals surface area contributed by atoms with Gasteiger partial charge in [0.15, 0.2) is 5.82 Å². The van der Waals surface area contributed by atoms with Gasteiger partial charge in [0.1, 0.15) is 5.82 Å². The van der Waals surface area contributed by atoms with Gasteiger partial charge in [0, 0.05) is 26.2 Å². The molecule has 1 aliphatic rings. The number of hydrogen-bond donors (Lipinski definition) is 0. The lowest BCUT2D eigenvalue weighted by Gasteiger charge is -2.35. The Balaban J connectivity index is 1.50. The second kappa shape index (κ2) is 9.23. The van der Waals surface area contributed by atoms with E-state index in [4.69, 9.17) is 0 Å². The van der Waals surface area contributed by atoms with Crippen molar-refractivity contribution in [1.82, 2.24) is 14.3 Å². The predicted octanol–water partition coefficient (Wildman–Crippen LogP) is 3.42. The molecule has 3 aromatic carbocycles. The van der Waals surface area contributed by atoms with Crippen LogP contribution in [0.5, 0.6) is 0 Å². The number of para-hydroxylation sites is 2. The second-order valence-corrected chi connectivity index (χ2v) is 12.3. The van der Waals surface area contributed by atoms with E-state index in [-0.39, 0.29) is 46.8 Å². The number of aryl methyl sites for hydroxylation is 1. The SMILES string of the molecule is Cc1ccc(S(=O)(=O)N2CCN(c3nc4ccccc4nc3S(=O)(=O)c3ccc(F)cc3)CC2)cc1. The highest BCUT2D eigenvalue weighted by Crippen LogP contribution is 2.31. The highest BCUT2D eigenvalue weighted by Gasteiger charge is 2.33. The number of benzene rings is 3. The van der Waals surface area contributed by atoms with Crippen molar-refractivity contribution >= 4 is 36.7 Å². The molecule has 0 N–H and O–H groups in total. The Morgan fingerprint density at radius 2 is 1.28 bits per heavy atom. The number of rotatable bonds is 5. The van der Waals surface area contributed by atoms with Crippen LogP contribution < -0.4 is 4.90 Å². The van der Waals surface area contributed by atoms with Crippen molar-refractivity contribution in [2.24, 2.45) is 0 Å². The topological polar surface area (TPSA) is 101 Å². The van der Waals surface area contributed by atoms with Crippen molar-refractivity contribution in [3.05, 3.63) is 84.2 Å². The molecule has 0 unspecified atom stereocenters. The Morgan fingerprint density at radius 3 is 1.89 bits per heavy atom. The van der Waals surface area contributed by atoms with Gasteiger partial charge >= 0.3 is 0 Å². The molecule has 1 saturated heterocycles. The Labute approximate surface area is 209 Å². The third-order valence-electron chi connectivity index (χ3n) is 6.10. The molecule has 1 fully saturated rings. The number of anilines is 1. The molecule has 0 aliphatic carbocycles. The average Bonchev–Trinajstić information content (AvgIpc) is 2.88. The van der Waals surface area contributed by atoms with Crippen molar-refractivity contribution in [3.8, 4) is 0 Å². The molecular weight excluding hydrogens is 503 g/mol. The first kappa shape index (κ1) is 24.3. The quantitative estimate of drug-likeness (QED) is 0.367. The summed E-state index contributed by atoms with van der Waals surface area (Å²) in [7, 11) is -7.82. The van der Waals surface area contributed by atoms with Crippen LogP contribution in [0.2, 0.25) is 0 Å². The van der Waals surface area contributed by atoms with E-state index in [2.05, 4.69) is 9.97 Å². The van der Waals surface area contributed by atoms with Crippen LogP contribution in [-0.2, 0) is 19.9 Å². The first-order valence-electron chi connectivity index (χ1n) is 11.3. The van der Waals surface area contributed by atoms with Crippen molar-refractivity contribution in [3.63, 3.8) is 0 Å². The Hall–Kier alpha value is -3.41. The summed E-state index contributed by atoms with van der Waals surface area (Å²) in [5.41, 5.74) is 1.88. The van der Waals surface area contributed by atoms with Gasteiger partial charge < -0.3 is 4.90 Å². The van der Waals surface area contributed by atoms with Gasteiger partial charge in [-0.25, -0.2) is 31.2 Å². The van der Waals surface area contributed by atoms with E-state index in [1.807, 2.05) is 6.92 Å². The van der Waals surface area contributed by atoms with Gasteiger partial charge in [-0.15, -0.1) is 0 Å². The number of aromatic nitrogens is 2. The lowest BCUT2D eigenvalue weighted by Crippen LogP contribution is -2.49. The van der Waals surface area contributed by atoms with Gasteiger partial charge in [0.05, 0.1) is 20.8 Å². The summed E-state index contributed by atoms with van der Waals surface area (Å²) in [6.45, 7) is 2.65. The van der Waals surface area contributed by atoms with Crippen LogP contribution >= 0.6 is 0 Å². The molecule has 0 radical (unpaired) electrons. The van der Waals surface area contributed by atoms with Crippen LogP contribution in [0.3, 0.4) is 0 Å². The minimum Gasteiger partial charge on any atom is -0.352 e. The van der Waals surface area contributed by atoms with E-state index in [9.17, 15) is 21.2 Å². The maximum absolute atomic E-state index is 13.5. The van der Waals surface area contributed by atoms with Crippen molar-refractivity contribution in [2.45, 2.75) is 21.7 Å². The summed E-state index contributed by atoms with van der Waals surface area (Å²) in [6.07, 6.45) is 0. The summed E-state index contributed by atoms with van der Waals surface area (Å²) in [6, 6.07) is 18.1. The van der Waals surface area contributed by atoms with Crippen LogP contribution in [0.1, 0.15) is 5.56 Å². The largest absolute Gasteiger partial charge is 0.352 e. The molecule has 5 rings (SSSR count). The monoisotopic (exact) mass is 526 g/mol. The zero-order chi connectivity index (χ0) is 25.5. The number of halogens is 1. The van der Waals surface area contributed by atoms with E-state index >= 15 is 0 Å². The number of hydrogen-bond acceptors (Lipinski definition) is 7. The molecular formula is C25H23FN4O4S2. The van der Waals surface area contributed by atoms with E-state index < -0.39 is 25.7 Å². The lowest BCUT2D eigenvalue weighted by atomic mass is 10.2. The van der Waals surface area contributed by atoms with Gasteiger partial charge in [0.2, 0.25) is 24.9 Å². The summed E-state index contributed by atoms with van der Waals surface area (Å²) < 4.78 is 68.1. The summed E-state index contributed by atoms with van der Waals surface area (Å²) in [4.78, 5) is 10.9. The first-order chi connectivity index (χ1) is 17.2. The zero-order valence-electron chi connectivity index (χ0n) is 19.4. The third kappa shape index (κ3) is 4.45. The molecule has 2 heterocycles. The summed E-state index contributed by atoms with van der Waals surface area (Å²) in [5, 5.41) is -0.248. The number of sulfonamides is 1. The fourth-order valence-corrected chi connectivity index (χ4v) is 6.86. The lowest BCUT2D eigenvalue weighted by molar-refractivity contribution is 0.382. The minimum absolute atomic E-state index is 0.102. The fourth-order valence-electron chi connectivity index (χ4n) is 4.09. The molecule has 8 nitrogen and oxygen atoms in total. The summed E-state index contributed by atoms with van der Waals surface area (Å²) >= 11 is 0. The molecule has 0 spiro atoms. The van der Waals surface area contributed by atoms with E-state index in [0.717, 1.165) is 17.7 Å². The molecule has 0 atom stereocenters. The fraction of sp³-hybridized carbons (Fsp3) is 0.200. The molecule has 1 aromatic heterocycles. The average molecular weight is 527 g/mol. The van der Waals surface area contributed by atoms with Crippen molar-refractivity contribution in [2.75, 3.05) is 31.1 Å². The number of piperazine rings is 1. The van der Waals surface area contributed by atoms with Gasteiger partial charge in [0.25, 0.3) is 0 Å². The van der Waals surface area contributed by atoms with Crippen LogP contribution in [-0.4, -0.2) is 57.3 Å². The summed E-state index contributed by atoms with van der Waals surface area (Å²) in [5.74, 6) is -0.407. The highest BCUT2D eigenvalue weighted by atomic mass is 32.2. The van der Waals surface area contributed by atoms with Gasteiger partial charge in [-0.05, 0) is 55.5 Å². The van der Waals surface area contributed by atoms with Gasteiger partial charge in [-0.3, -0.25) is 0 Å². The number of fused-ring (bicyclic) bond motifs is 1. The normalized spacial score (nSPS) is 15.3. The molecule has 1 aliphatic heterocycles. The van der Waals surface area contributed by atoms with Gasteiger partial charge in [-0.2, -0.15) is 4.31 Å². The Kier molecular flexibility index (Phi) is 6.23. The second-order valence-electron chi connectivity index (χ2n) is 8.50. The van der Waals surface area contributed by atoms with E-state index in [0.29, 0.717) is 11.0 Å². The molecule has 0 bridgehead atoms. The maximum atomic E-state index is 13.5. The van der Waals surface area contributed by atoms with E-state index in [1.165, 1.54) is 16.4 Å². The minimum atomic E-state index is -4.13. The maximum Gasteiger partial charge on any atom is 0.243 e. The van der Waals surface area contributed by atoms with Crippen LogP contribution in [0.25, 0.3) is 11.0 Å². The number of nitrogens with zero attached hydrogens (tertiary/aromatic N) is 4. The smallest absolute Gasteiger partial charge is 0.243 e. The standard InChI is InChI=1S/C25H23FN4O4S2/c1-18-6-10-21(11-7-18)36(33,34)30-16-14-29(15-17-30)24-25(28-23-5-3-2-4-22(23)27-24)35(31,32)20-12-8-19(26)9-13-20/h2-13H,14-17H2,1H3. The van der Waals surface area contributed by atoms with Gasteiger partial charge in [-0.1, -0.05) is 29.8 Å². The van der Waals surface area contributed by atoms with Crippen LogP contribution in [0.4, 0.5) is 10.2 Å². The Morgan fingerprint density at radius 1 is 0.722 bits per heavy atom. The van der Waals surface area contributed by atoms with E-state index in [1.54, 1.807) is 53.4 Å². The van der Waals surface area contributed by atoms with Crippen molar-refractivity contribution < 1.29 is 21.2 Å². The molecule has 186 valence electrons. The Bertz CT molecular complexity index is 1630. The molecule has 11 heteroatoms. The predicted molar refractivity (Wildman–Crippen MR) is 134 cm³/mol. The highest BCUT2D eigenvalue weighted by molar-refractivity contribution is 7.91. The van der Waals surface area contributed by atoms with Crippen molar-refractivity contribution in [1.29, 1.82) is 0 Å². The van der Waals surface area contributed by atoms with Crippen LogP contribution in [0.15, 0.2) is 87.6 Å². The zero-order valence-corrected chi connectivity index (χ0v) is 21.0. The first-order valence-corrected chi connectivity index (χ1v) is 14.2. The molecule has 0 amide bonds.